The monoisotopic (exact) mass is 904 g/mol. The Morgan fingerprint density at radius 2 is 0.750 bits per heavy atom. The summed E-state index contributed by atoms with van der Waals surface area (Å²) in [5.74, 6) is -0.453. The first-order chi connectivity index (χ1) is 31.5. The van der Waals surface area contributed by atoms with E-state index in [4.69, 9.17) is 4.74 Å². The number of esters is 1. The molecule has 0 aliphatic heterocycles. The predicted molar refractivity (Wildman–Crippen MR) is 278 cm³/mol. The van der Waals surface area contributed by atoms with Crippen LogP contribution in [0, 0.1) is 0 Å². The van der Waals surface area contributed by atoms with Gasteiger partial charge < -0.3 is 20.3 Å². The molecule has 0 aliphatic rings. The van der Waals surface area contributed by atoms with E-state index in [2.05, 4.69) is 38.2 Å². The number of aliphatic hydroxyl groups is 2. The molecule has 0 saturated heterocycles. The van der Waals surface area contributed by atoms with Crippen LogP contribution in [0.3, 0.4) is 0 Å². The molecule has 0 aromatic carbocycles. The van der Waals surface area contributed by atoms with Crippen molar-refractivity contribution in [3.8, 4) is 0 Å². The molecule has 0 radical (unpaired) electrons. The summed E-state index contributed by atoms with van der Waals surface area (Å²) in [6, 6.07) is -0.695. The van der Waals surface area contributed by atoms with Crippen molar-refractivity contribution in [2.75, 3.05) is 6.61 Å². The highest BCUT2D eigenvalue weighted by Gasteiger charge is 2.24. The molecule has 380 valence electrons. The van der Waals surface area contributed by atoms with Crippen LogP contribution >= 0.6 is 0 Å². The van der Waals surface area contributed by atoms with Crippen LogP contribution in [-0.4, -0.2) is 46.9 Å². The highest BCUT2D eigenvalue weighted by molar-refractivity contribution is 5.77. The van der Waals surface area contributed by atoms with Crippen molar-refractivity contribution >= 4 is 11.9 Å². The largest absolute Gasteiger partial charge is 0.462 e. The number of unbranched alkanes of at least 4 members (excludes halogenated alkanes) is 39. The fourth-order valence-electron chi connectivity index (χ4n) is 9.19. The molecule has 64 heavy (non-hydrogen) atoms. The van der Waals surface area contributed by atoms with Gasteiger partial charge in [0, 0.05) is 6.42 Å². The van der Waals surface area contributed by atoms with Crippen molar-refractivity contribution in [3.05, 3.63) is 12.2 Å². The maximum absolute atomic E-state index is 13.2. The highest BCUT2D eigenvalue weighted by Crippen LogP contribution is 2.19. The van der Waals surface area contributed by atoms with Gasteiger partial charge in [0.15, 0.2) is 0 Å². The summed E-state index contributed by atoms with van der Waals surface area (Å²) in [6.45, 7) is 6.51. The summed E-state index contributed by atoms with van der Waals surface area (Å²) in [5, 5.41) is 23.8. The molecule has 6 heteroatoms. The summed E-state index contributed by atoms with van der Waals surface area (Å²) in [6.07, 6.45) is 60.0. The number of nitrogens with one attached hydrogen (secondary N) is 1. The van der Waals surface area contributed by atoms with E-state index >= 15 is 0 Å². The van der Waals surface area contributed by atoms with Gasteiger partial charge in [-0.15, -0.1) is 0 Å². The van der Waals surface area contributed by atoms with Gasteiger partial charge in [0.25, 0.3) is 0 Å². The van der Waals surface area contributed by atoms with Gasteiger partial charge in [-0.25, -0.2) is 0 Å². The minimum absolute atomic E-state index is 0.0848. The highest BCUT2D eigenvalue weighted by atomic mass is 16.5. The second-order valence-electron chi connectivity index (χ2n) is 20.1. The first-order valence-corrected chi connectivity index (χ1v) is 28.9. The van der Waals surface area contributed by atoms with E-state index in [0.717, 1.165) is 44.9 Å². The Morgan fingerprint density at radius 3 is 1.11 bits per heavy atom. The van der Waals surface area contributed by atoms with E-state index in [-0.39, 0.29) is 24.9 Å². The van der Waals surface area contributed by atoms with E-state index < -0.39 is 18.2 Å². The van der Waals surface area contributed by atoms with Crippen LogP contribution in [0.25, 0.3) is 0 Å². The van der Waals surface area contributed by atoms with Crippen LogP contribution in [0.5, 0.6) is 0 Å². The summed E-state index contributed by atoms with van der Waals surface area (Å²) in [5.41, 5.74) is 0. The molecule has 3 atom stereocenters. The van der Waals surface area contributed by atoms with E-state index in [1.807, 2.05) is 0 Å². The number of carbonyl (C=O) groups excluding carboxylic acids is 2. The standard InChI is InChI=1S/C58H113NO5/c1-4-7-10-13-16-19-22-24-26-28-29-30-32-34-36-39-42-45-48-51-58(63)64-54(49-46-43-40-37-35-33-31-27-25-23-20-17-14-11-8-5-2)52-57(62)59-55(53-60)56(61)50-47-44-41-38-21-18-15-12-9-6-3/h24,26,54-56,60-61H,4-23,25,27-53H2,1-3H3,(H,59,62)/b26-24+. The van der Waals surface area contributed by atoms with Crippen molar-refractivity contribution < 1.29 is 24.5 Å². The van der Waals surface area contributed by atoms with Crippen LogP contribution in [-0.2, 0) is 14.3 Å². The van der Waals surface area contributed by atoms with Crippen LogP contribution in [0.1, 0.15) is 323 Å². The molecule has 0 saturated carbocycles. The van der Waals surface area contributed by atoms with Gasteiger partial charge in [0.2, 0.25) is 5.91 Å². The molecule has 3 N–H and O–H groups in total. The lowest BCUT2D eigenvalue weighted by Gasteiger charge is -2.24. The van der Waals surface area contributed by atoms with Gasteiger partial charge in [0.1, 0.15) is 6.10 Å². The molecule has 0 aliphatic carbocycles. The minimum Gasteiger partial charge on any atom is -0.462 e. The lowest BCUT2D eigenvalue weighted by atomic mass is 10.0. The van der Waals surface area contributed by atoms with Crippen LogP contribution in [0.15, 0.2) is 12.2 Å². The lowest BCUT2D eigenvalue weighted by molar-refractivity contribution is -0.151. The number of hydrogen-bond acceptors (Lipinski definition) is 5. The molecule has 6 nitrogen and oxygen atoms in total. The lowest BCUT2D eigenvalue weighted by Crippen LogP contribution is -2.46. The third kappa shape index (κ3) is 47.1. The number of carbonyl (C=O) groups is 2. The molecule has 0 heterocycles. The predicted octanol–water partition coefficient (Wildman–Crippen LogP) is 17.7. The normalized spacial score (nSPS) is 13.1. The molecular formula is C58H113NO5. The first kappa shape index (κ1) is 62.6. The van der Waals surface area contributed by atoms with E-state index in [0.29, 0.717) is 19.3 Å². The fourth-order valence-corrected chi connectivity index (χ4v) is 9.19. The quantitative estimate of drug-likeness (QED) is 0.0321. The average molecular weight is 905 g/mol. The zero-order valence-electron chi connectivity index (χ0n) is 43.4. The summed E-state index contributed by atoms with van der Waals surface area (Å²) >= 11 is 0. The number of aliphatic hydroxyl groups excluding tert-OH is 2. The maximum Gasteiger partial charge on any atom is 0.306 e. The number of hydrogen-bond donors (Lipinski definition) is 3. The van der Waals surface area contributed by atoms with Crippen molar-refractivity contribution in [2.24, 2.45) is 0 Å². The van der Waals surface area contributed by atoms with Gasteiger partial charge in [-0.1, -0.05) is 270 Å². The average Bonchev–Trinajstić information content (AvgIpc) is 3.29. The fraction of sp³-hybridized carbons (Fsp3) is 0.931. The molecule has 0 aromatic rings. The number of allylic oxidation sites excluding steroid dienone is 2. The minimum atomic E-state index is -0.781. The number of amides is 1. The van der Waals surface area contributed by atoms with E-state index in [1.165, 1.54) is 231 Å². The topological polar surface area (TPSA) is 95.9 Å². The van der Waals surface area contributed by atoms with Crippen LogP contribution in [0.2, 0.25) is 0 Å². The van der Waals surface area contributed by atoms with Crippen molar-refractivity contribution in [3.63, 3.8) is 0 Å². The third-order valence-corrected chi connectivity index (χ3v) is 13.6. The van der Waals surface area contributed by atoms with Crippen molar-refractivity contribution in [2.45, 2.75) is 341 Å². The van der Waals surface area contributed by atoms with Gasteiger partial charge in [0.05, 0.1) is 25.2 Å². The van der Waals surface area contributed by atoms with Crippen molar-refractivity contribution in [1.29, 1.82) is 0 Å². The Balaban J connectivity index is 4.47. The Morgan fingerprint density at radius 1 is 0.438 bits per heavy atom. The molecule has 0 spiro atoms. The molecule has 0 aromatic heterocycles. The maximum atomic E-state index is 13.2. The third-order valence-electron chi connectivity index (χ3n) is 13.6. The molecule has 0 fully saturated rings. The van der Waals surface area contributed by atoms with Gasteiger partial charge in [-0.2, -0.15) is 0 Å². The first-order valence-electron chi connectivity index (χ1n) is 28.9. The van der Waals surface area contributed by atoms with Crippen LogP contribution in [0.4, 0.5) is 0 Å². The smallest absolute Gasteiger partial charge is 0.306 e. The summed E-state index contributed by atoms with van der Waals surface area (Å²) < 4.78 is 5.97. The molecular weight excluding hydrogens is 791 g/mol. The number of rotatable bonds is 53. The molecule has 1 amide bonds. The summed E-state index contributed by atoms with van der Waals surface area (Å²) in [7, 11) is 0. The Hall–Kier alpha value is -1.40. The molecule has 0 bridgehead atoms. The van der Waals surface area contributed by atoms with E-state index in [9.17, 15) is 19.8 Å². The second-order valence-corrected chi connectivity index (χ2v) is 20.1. The Labute approximate surface area is 399 Å². The van der Waals surface area contributed by atoms with Crippen molar-refractivity contribution in [1.82, 2.24) is 5.32 Å². The SMILES string of the molecule is CCCCCCCC/C=C/CCCCCCCCCCCC(=O)OC(CCCCCCCCCCCCCCCCCC)CC(=O)NC(CO)C(O)CCCCCCCCCCCC. The van der Waals surface area contributed by atoms with E-state index in [1.54, 1.807) is 0 Å². The molecule has 0 rings (SSSR count). The molecule has 3 unspecified atom stereocenters. The van der Waals surface area contributed by atoms with Crippen LogP contribution < -0.4 is 5.32 Å². The van der Waals surface area contributed by atoms with Gasteiger partial charge in [-0.05, 0) is 51.4 Å². The second kappa shape index (κ2) is 52.6. The van der Waals surface area contributed by atoms with Gasteiger partial charge in [-0.3, -0.25) is 9.59 Å². The zero-order chi connectivity index (χ0) is 46.7. The van der Waals surface area contributed by atoms with Gasteiger partial charge >= 0.3 is 5.97 Å². The Bertz CT molecular complexity index is 970. The summed E-state index contributed by atoms with van der Waals surface area (Å²) in [4.78, 5) is 26.2. The Kier molecular flexibility index (Phi) is 51.4. The zero-order valence-corrected chi connectivity index (χ0v) is 43.4. The number of ether oxygens (including phenoxy) is 1.